The molecule has 0 heterocycles. The Morgan fingerprint density at radius 1 is 1.22 bits per heavy atom. The molecule has 1 rings (SSSR count). The minimum atomic E-state index is -0.129. The van der Waals surface area contributed by atoms with E-state index in [1.54, 1.807) is 12.1 Å². The van der Waals surface area contributed by atoms with Gasteiger partial charge in [0, 0.05) is 5.56 Å². The Kier molecular flexibility index (Phi) is 1.82. The lowest BCUT2D eigenvalue weighted by molar-refractivity contribution is 0.331. The Balaban J connectivity index is 2.85. The van der Waals surface area contributed by atoms with E-state index in [2.05, 4.69) is 0 Å². The minimum absolute atomic E-state index is 0.129. The van der Waals surface area contributed by atoms with Crippen molar-refractivity contribution in [1.82, 2.24) is 0 Å². The van der Waals surface area contributed by atoms with Crippen LogP contribution in [-0.2, 0) is 0 Å². The van der Waals surface area contributed by atoms with Gasteiger partial charge in [0.05, 0.1) is 0 Å². The average molecular weight is 122 g/mol. The molecule has 0 bridgehead atoms. The van der Waals surface area contributed by atoms with Gasteiger partial charge in [0.1, 0.15) is 0 Å². The van der Waals surface area contributed by atoms with Crippen LogP contribution in [0.1, 0.15) is 5.56 Å². The maximum absolute atomic E-state index is 8.72. The van der Waals surface area contributed by atoms with E-state index in [4.69, 9.17) is 10.8 Å². The first-order valence-electron chi connectivity index (χ1n) is 2.67. The normalized spacial score (nSPS) is 10.1. The Morgan fingerprint density at radius 3 is 2.11 bits per heavy atom. The second-order valence-electron chi connectivity index (χ2n) is 1.75. The average Bonchev–Trinajstić information content (AvgIpc) is 1.90. The molecule has 0 fully saturated rings. The third-order valence-corrected chi connectivity index (χ3v) is 1.07. The number of aliphatic hydroxyl groups excluding tert-OH is 1. The van der Waals surface area contributed by atoms with Crippen molar-refractivity contribution in [3.8, 4) is 0 Å². The van der Waals surface area contributed by atoms with Crippen LogP contribution < -0.4 is 5.73 Å². The zero-order valence-corrected chi connectivity index (χ0v) is 4.91. The highest BCUT2D eigenvalue weighted by Gasteiger charge is 1.97. The highest BCUT2D eigenvalue weighted by atomic mass is 16.3. The van der Waals surface area contributed by atoms with E-state index in [9.17, 15) is 0 Å². The molecular weight excluding hydrogens is 114 g/mol. The van der Waals surface area contributed by atoms with Crippen molar-refractivity contribution >= 4 is 0 Å². The van der Waals surface area contributed by atoms with E-state index in [1.807, 2.05) is 18.2 Å². The third kappa shape index (κ3) is 1.52. The van der Waals surface area contributed by atoms with Crippen LogP contribution in [0.3, 0.4) is 0 Å². The van der Waals surface area contributed by atoms with Crippen molar-refractivity contribution in [2.24, 2.45) is 5.73 Å². The second-order valence-corrected chi connectivity index (χ2v) is 1.75. The van der Waals surface area contributed by atoms with Gasteiger partial charge in [-0.1, -0.05) is 30.3 Å². The first kappa shape index (κ1) is 6.26. The van der Waals surface area contributed by atoms with Gasteiger partial charge in [-0.05, 0) is 0 Å². The number of nitrogens with two attached hydrogens (primary N) is 1. The van der Waals surface area contributed by atoms with E-state index >= 15 is 0 Å². The summed E-state index contributed by atoms with van der Waals surface area (Å²) in [6.07, 6.45) is -0.129. The summed E-state index contributed by atoms with van der Waals surface area (Å²) >= 11 is 0. The Labute approximate surface area is 53.9 Å². The number of benzene rings is 1. The van der Waals surface area contributed by atoms with Crippen LogP contribution in [-0.4, -0.2) is 5.11 Å². The van der Waals surface area contributed by atoms with Crippen molar-refractivity contribution in [2.75, 3.05) is 0 Å². The van der Waals surface area contributed by atoms with Gasteiger partial charge >= 0.3 is 0 Å². The molecule has 9 heavy (non-hydrogen) atoms. The fourth-order valence-electron chi connectivity index (χ4n) is 0.609. The molecule has 0 unspecified atom stereocenters. The number of hydrogen-bond donors (Lipinski definition) is 2. The molecule has 47 valence electrons. The first-order valence-corrected chi connectivity index (χ1v) is 2.67. The summed E-state index contributed by atoms with van der Waals surface area (Å²) in [6, 6.07) is 8.99. The maximum atomic E-state index is 8.72. The SMILES string of the molecule is N[C](O)c1ccccc1. The Bertz CT molecular complexity index is 172. The third-order valence-electron chi connectivity index (χ3n) is 1.07. The minimum Gasteiger partial charge on any atom is -0.368 e. The van der Waals surface area contributed by atoms with E-state index in [1.165, 1.54) is 0 Å². The van der Waals surface area contributed by atoms with Crippen LogP contribution in [0.25, 0.3) is 0 Å². The largest absolute Gasteiger partial charge is 0.368 e. The molecule has 1 aromatic rings. The smallest absolute Gasteiger partial charge is 0.187 e. The van der Waals surface area contributed by atoms with Crippen molar-refractivity contribution in [2.45, 2.75) is 0 Å². The molecule has 0 amide bonds. The molecule has 0 saturated carbocycles. The predicted octanol–water partition coefficient (Wildman–Crippen LogP) is 0.855. The Hall–Kier alpha value is -0.860. The van der Waals surface area contributed by atoms with Crippen molar-refractivity contribution < 1.29 is 5.11 Å². The zero-order valence-electron chi connectivity index (χ0n) is 4.91. The Morgan fingerprint density at radius 2 is 1.78 bits per heavy atom. The molecular formula is C7H8NO. The molecule has 0 aromatic heterocycles. The maximum Gasteiger partial charge on any atom is 0.187 e. The summed E-state index contributed by atoms with van der Waals surface area (Å²) in [6.45, 7) is 0. The van der Waals surface area contributed by atoms with Gasteiger partial charge in [-0.15, -0.1) is 0 Å². The molecule has 1 radical (unpaired) electrons. The van der Waals surface area contributed by atoms with E-state index < -0.39 is 0 Å². The highest BCUT2D eigenvalue weighted by molar-refractivity contribution is 5.23. The summed E-state index contributed by atoms with van der Waals surface area (Å²) < 4.78 is 0. The zero-order chi connectivity index (χ0) is 6.69. The van der Waals surface area contributed by atoms with Crippen LogP contribution in [0.4, 0.5) is 0 Å². The first-order chi connectivity index (χ1) is 4.30. The van der Waals surface area contributed by atoms with Gasteiger partial charge in [0.2, 0.25) is 0 Å². The van der Waals surface area contributed by atoms with Gasteiger partial charge in [-0.25, -0.2) is 0 Å². The molecule has 0 spiro atoms. The van der Waals surface area contributed by atoms with Gasteiger partial charge in [0.15, 0.2) is 6.23 Å². The number of rotatable bonds is 1. The van der Waals surface area contributed by atoms with E-state index in [0.717, 1.165) is 0 Å². The molecule has 2 nitrogen and oxygen atoms in total. The fraction of sp³-hybridized carbons (Fsp3) is 0. The second kappa shape index (κ2) is 2.62. The molecule has 0 aliphatic carbocycles. The molecule has 0 aliphatic rings. The monoisotopic (exact) mass is 122 g/mol. The predicted molar refractivity (Wildman–Crippen MR) is 34.9 cm³/mol. The lowest BCUT2D eigenvalue weighted by Crippen LogP contribution is -2.08. The van der Waals surface area contributed by atoms with Crippen LogP contribution in [0.5, 0.6) is 0 Å². The topological polar surface area (TPSA) is 46.2 Å². The van der Waals surface area contributed by atoms with Gasteiger partial charge < -0.3 is 5.11 Å². The van der Waals surface area contributed by atoms with Crippen LogP contribution >= 0.6 is 0 Å². The van der Waals surface area contributed by atoms with Crippen LogP contribution in [0.2, 0.25) is 0 Å². The standard InChI is InChI=1S/C7H8NO/c8-7(9)6-4-2-1-3-5-6/h1-5,9H,8H2. The summed E-state index contributed by atoms with van der Waals surface area (Å²) in [5, 5.41) is 8.72. The van der Waals surface area contributed by atoms with Crippen molar-refractivity contribution in [1.29, 1.82) is 0 Å². The fourth-order valence-corrected chi connectivity index (χ4v) is 0.609. The van der Waals surface area contributed by atoms with E-state index in [-0.39, 0.29) is 6.23 Å². The highest BCUT2D eigenvalue weighted by Crippen LogP contribution is 2.03. The summed E-state index contributed by atoms with van der Waals surface area (Å²) in [5.41, 5.74) is 5.75. The molecule has 0 aliphatic heterocycles. The molecule has 0 atom stereocenters. The van der Waals surface area contributed by atoms with Crippen LogP contribution in [0.15, 0.2) is 30.3 Å². The van der Waals surface area contributed by atoms with Gasteiger partial charge in [-0.2, -0.15) is 0 Å². The molecule has 0 saturated heterocycles. The number of hydrogen-bond acceptors (Lipinski definition) is 2. The number of aliphatic hydroxyl groups is 1. The molecule has 2 heteroatoms. The lowest BCUT2D eigenvalue weighted by Gasteiger charge is -1.99. The molecule has 1 aromatic carbocycles. The van der Waals surface area contributed by atoms with Gasteiger partial charge in [-0.3, -0.25) is 5.73 Å². The summed E-state index contributed by atoms with van der Waals surface area (Å²) in [5.74, 6) is 0. The summed E-state index contributed by atoms with van der Waals surface area (Å²) in [7, 11) is 0. The van der Waals surface area contributed by atoms with E-state index in [0.29, 0.717) is 5.56 Å². The lowest BCUT2D eigenvalue weighted by atomic mass is 10.2. The molecule has 3 N–H and O–H groups in total. The quantitative estimate of drug-likeness (QED) is 0.580. The van der Waals surface area contributed by atoms with Crippen molar-refractivity contribution in [3.63, 3.8) is 0 Å². The summed E-state index contributed by atoms with van der Waals surface area (Å²) in [4.78, 5) is 0. The van der Waals surface area contributed by atoms with Crippen molar-refractivity contribution in [3.05, 3.63) is 42.1 Å². The van der Waals surface area contributed by atoms with Crippen LogP contribution in [0, 0.1) is 6.23 Å². The van der Waals surface area contributed by atoms with Gasteiger partial charge in [0.25, 0.3) is 0 Å².